The number of nitrogens with one attached hydrogen (secondary N) is 2. The zero-order valence-electron chi connectivity index (χ0n) is 13.6. The molecule has 2 N–H and O–H groups in total. The van der Waals surface area contributed by atoms with Gasteiger partial charge in [-0.25, -0.2) is 17.2 Å². The number of amides is 1. The second kappa shape index (κ2) is 7.99. The SMILES string of the molecule is O=C(CSc1cccc2cccnc12)NNS(=O)(=O)c1cc(F)ccc1F. The van der Waals surface area contributed by atoms with E-state index in [2.05, 4.69) is 4.98 Å². The van der Waals surface area contributed by atoms with Gasteiger partial charge in [-0.1, -0.05) is 18.2 Å². The summed E-state index contributed by atoms with van der Waals surface area (Å²) in [6.45, 7) is 0. The van der Waals surface area contributed by atoms with Crippen molar-refractivity contribution in [2.24, 2.45) is 0 Å². The molecule has 0 saturated carbocycles. The number of hydrazine groups is 1. The first-order valence-electron chi connectivity index (χ1n) is 7.59. The van der Waals surface area contributed by atoms with Crippen molar-refractivity contribution in [2.45, 2.75) is 9.79 Å². The van der Waals surface area contributed by atoms with Gasteiger partial charge in [-0.3, -0.25) is 15.2 Å². The van der Waals surface area contributed by atoms with Gasteiger partial charge in [0.25, 0.3) is 10.0 Å². The van der Waals surface area contributed by atoms with Crippen LogP contribution in [0, 0.1) is 11.6 Å². The number of benzene rings is 2. The van der Waals surface area contributed by atoms with E-state index in [-0.39, 0.29) is 5.75 Å². The van der Waals surface area contributed by atoms with E-state index in [9.17, 15) is 22.0 Å². The van der Waals surface area contributed by atoms with Crippen LogP contribution >= 0.6 is 11.8 Å². The van der Waals surface area contributed by atoms with E-state index in [1.807, 2.05) is 23.6 Å². The number of fused-ring (bicyclic) bond motifs is 1. The van der Waals surface area contributed by atoms with Gasteiger partial charge < -0.3 is 0 Å². The fourth-order valence-corrected chi connectivity index (χ4v) is 4.03. The van der Waals surface area contributed by atoms with E-state index in [4.69, 9.17) is 0 Å². The molecule has 0 spiro atoms. The quantitative estimate of drug-likeness (QED) is 0.483. The van der Waals surface area contributed by atoms with Crippen LogP contribution in [0.5, 0.6) is 0 Å². The number of nitrogens with zero attached hydrogens (tertiary/aromatic N) is 1. The van der Waals surface area contributed by atoms with Gasteiger partial charge in [0.15, 0.2) is 0 Å². The maximum Gasteiger partial charge on any atom is 0.260 e. The first-order valence-corrected chi connectivity index (χ1v) is 10.1. The number of carbonyl (C=O) groups is 1. The number of hydrogen-bond acceptors (Lipinski definition) is 5. The third-order valence-corrected chi connectivity index (χ3v) is 5.77. The van der Waals surface area contributed by atoms with Gasteiger partial charge in [-0.05, 0) is 30.3 Å². The van der Waals surface area contributed by atoms with Crippen LogP contribution in [0.15, 0.2) is 64.5 Å². The molecule has 3 aromatic rings. The lowest BCUT2D eigenvalue weighted by Crippen LogP contribution is -2.42. The number of halogens is 2. The smallest absolute Gasteiger partial charge is 0.260 e. The molecule has 1 amide bonds. The van der Waals surface area contributed by atoms with Crippen molar-refractivity contribution in [3.8, 4) is 0 Å². The number of hydrogen-bond donors (Lipinski definition) is 2. The number of rotatable bonds is 6. The molecule has 0 saturated heterocycles. The third kappa shape index (κ3) is 4.59. The molecule has 1 aromatic heterocycles. The number of aromatic nitrogens is 1. The molecular formula is C17H13F2N3O3S2. The van der Waals surface area contributed by atoms with E-state index in [1.54, 1.807) is 23.2 Å². The van der Waals surface area contributed by atoms with Crippen molar-refractivity contribution < 1.29 is 22.0 Å². The van der Waals surface area contributed by atoms with Crippen molar-refractivity contribution in [3.05, 3.63) is 66.4 Å². The van der Waals surface area contributed by atoms with Gasteiger partial charge in [0.2, 0.25) is 5.91 Å². The molecule has 3 rings (SSSR count). The highest BCUT2D eigenvalue weighted by atomic mass is 32.2. The second-order valence-electron chi connectivity index (χ2n) is 5.35. The molecule has 27 heavy (non-hydrogen) atoms. The lowest BCUT2D eigenvalue weighted by Gasteiger charge is -2.09. The Hall–Kier alpha value is -2.56. The van der Waals surface area contributed by atoms with Crippen molar-refractivity contribution in [3.63, 3.8) is 0 Å². The Kier molecular flexibility index (Phi) is 5.68. The Labute approximate surface area is 158 Å². The minimum atomic E-state index is -4.44. The molecule has 10 heteroatoms. The van der Waals surface area contributed by atoms with E-state index in [0.29, 0.717) is 12.1 Å². The van der Waals surface area contributed by atoms with Crippen LogP contribution in [0.4, 0.5) is 8.78 Å². The summed E-state index contributed by atoms with van der Waals surface area (Å²) < 4.78 is 50.8. The molecule has 1 heterocycles. The summed E-state index contributed by atoms with van der Waals surface area (Å²) in [6.07, 6.45) is 1.63. The van der Waals surface area contributed by atoms with Crippen LogP contribution in [-0.4, -0.2) is 25.1 Å². The largest absolute Gasteiger partial charge is 0.277 e. The van der Waals surface area contributed by atoms with Crippen molar-refractivity contribution in [1.82, 2.24) is 15.2 Å². The van der Waals surface area contributed by atoms with Gasteiger partial charge in [0, 0.05) is 16.5 Å². The molecule has 140 valence electrons. The van der Waals surface area contributed by atoms with Crippen LogP contribution in [0.25, 0.3) is 10.9 Å². The summed E-state index contributed by atoms with van der Waals surface area (Å²) in [5.41, 5.74) is 2.70. The first-order chi connectivity index (χ1) is 12.9. The lowest BCUT2D eigenvalue weighted by atomic mass is 10.2. The third-order valence-electron chi connectivity index (χ3n) is 3.46. The van der Waals surface area contributed by atoms with Gasteiger partial charge >= 0.3 is 0 Å². The maximum atomic E-state index is 13.6. The number of sulfonamides is 1. The Morgan fingerprint density at radius 1 is 1.11 bits per heavy atom. The molecule has 0 radical (unpaired) electrons. The molecular weight excluding hydrogens is 396 g/mol. The van der Waals surface area contributed by atoms with E-state index in [0.717, 1.165) is 21.9 Å². The van der Waals surface area contributed by atoms with Crippen molar-refractivity contribution in [2.75, 3.05) is 5.75 Å². The maximum absolute atomic E-state index is 13.6. The number of carbonyl (C=O) groups excluding carboxylic acids is 1. The predicted molar refractivity (Wildman–Crippen MR) is 97.3 cm³/mol. The highest BCUT2D eigenvalue weighted by molar-refractivity contribution is 8.00. The highest BCUT2D eigenvalue weighted by Crippen LogP contribution is 2.25. The van der Waals surface area contributed by atoms with E-state index in [1.165, 1.54) is 11.8 Å². The van der Waals surface area contributed by atoms with Crippen LogP contribution < -0.4 is 10.3 Å². The van der Waals surface area contributed by atoms with Crippen LogP contribution in [0.3, 0.4) is 0 Å². The average molecular weight is 409 g/mol. The minimum Gasteiger partial charge on any atom is -0.277 e. The van der Waals surface area contributed by atoms with E-state index >= 15 is 0 Å². The molecule has 0 bridgehead atoms. The summed E-state index contributed by atoms with van der Waals surface area (Å²) in [4.78, 5) is 17.8. The normalized spacial score (nSPS) is 11.5. The van der Waals surface area contributed by atoms with Gasteiger partial charge in [0.05, 0.1) is 11.3 Å². The second-order valence-corrected chi connectivity index (χ2v) is 8.02. The van der Waals surface area contributed by atoms with Crippen LogP contribution in [0.1, 0.15) is 0 Å². The standard InChI is InChI=1S/C17H13F2N3O3S2/c18-12-6-7-13(19)15(9-12)27(24,25)22-21-16(23)10-26-14-5-1-3-11-4-2-8-20-17(11)14/h1-9,22H,10H2,(H,21,23). The fraction of sp³-hybridized carbons (Fsp3) is 0.0588. The van der Waals surface area contributed by atoms with Gasteiger partial charge in [0.1, 0.15) is 16.5 Å². The highest BCUT2D eigenvalue weighted by Gasteiger charge is 2.20. The Morgan fingerprint density at radius 2 is 1.89 bits per heavy atom. The molecule has 0 aliphatic carbocycles. The zero-order chi connectivity index (χ0) is 19.4. The molecule has 0 fully saturated rings. The summed E-state index contributed by atoms with van der Waals surface area (Å²) in [5, 5.41) is 0.908. The molecule has 0 aliphatic heterocycles. The molecule has 6 nitrogen and oxygen atoms in total. The fourth-order valence-electron chi connectivity index (χ4n) is 2.23. The van der Waals surface area contributed by atoms with Crippen molar-refractivity contribution >= 4 is 38.6 Å². The van der Waals surface area contributed by atoms with Gasteiger partial charge in [-0.2, -0.15) is 0 Å². The number of para-hydroxylation sites is 1. The Morgan fingerprint density at radius 3 is 2.70 bits per heavy atom. The molecule has 0 atom stereocenters. The Balaban J connectivity index is 1.63. The van der Waals surface area contributed by atoms with E-state index < -0.39 is 32.5 Å². The van der Waals surface area contributed by atoms with Crippen molar-refractivity contribution in [1.29, 1.82) is 0 Å². The first kappa shape index (κ1) is 19.2. The summed E-state index contributed by atoms with van der Waals surface area (Å²) >= 11 is 1.17. The lowest BCUT2D eigenvalue weighted by molar-refractivity contribution is -0.119. The zero-order valence-corrected chi connectivity index (χ0v) is 15.3. The monoisotopic (exact) mass is 409 g/mol. The Bertz CT molecular complexity index is 1100. The summed E-state index contributed by atoms with van der Waals surface area (Å²) in [5.74, 6) is -2.81. The molecule has 2 aromatic carbocycles. The number of thioether (sulfide) groups is 1. The average Bonchev–Trinajstić information content (AvgIpc) is 2.66. The summed E-state index contributed by atoms with van der Waals surface area (Å²) in [6, 6.07) is 11.2. The van der Waals surface area contributed by atoms with Crippen LogP contribution in [-0.2, 0) is 14.8 Å². The topological polar surface area (TPSA) is 88.2 Å². The summed E-state index contributed by atoms with van der Waals surface area (Å²) in [7, 11) is -4.44. The van der Waals surface area contributed by atoms with Gasteiger partial charge in [-0.15, -0.1) is 16.6 Å². The molecule has 0 aliphatic rings. The minimum absolute atomic E-state index is 0.107. The predicted octanol–water partition coefficient (Wildman–Crippen LogP) is 2.61. The molecule has 0 unspecified atom stereocenters. The number of pyridine rings is 1. The van der Waals surface area contributed by atoms with Crippen LogP contribution in [0.2, 0.25) is 0 Å².